The molecule has 200 valence electrons. The molecule has 2 amide bonds. The van der Waals surface area contributed by atoms with Crippen LogP contribution in [0.4, 0.5) is 0 Å². The number of nitrogens with zero attached hydrogens (tertiary/aromatic N) is 1. The lowest BCUT2D eigenvalue weighted by Gasteiger charge is -2.20. The number of halogens is 3. The van der Waals surface area contributed by atoms with Crippen LogP contribution in [0.5, 0.6) is 5.75 Å². The molecule has 4 aromatic rings. The van der Waals surface area contributed by atoms with Crippen molar-refractivity contribution in [2.75, 3.05) is 0 Å². The van der Waals surface area contributed by atoms with Crippen LogP contribution < -0.4 is 15.5 Å². The van der Waals surface area contributed by atoms with Crippen molar-refractivity contribution in [2.45, 2.75) is 26.5 Å². The van der Waals surface area contributed by atoms with Gasteiger partial charge >= 0.3 is 0 Å². The van der Waals surface area contributed by atoms with Crippen LogP contribution >= 0.6 is 39.1 Å². The summed E-state index contributed by atoms with van der Waals surface area (Å²) in [5, 5.41) is 9.52. The lowest BCUT2D eigenvalue weighted by molar-refractivity contribution is -0.123. The quantitative estimate of drug-likeness (QED) is 0.150. The Hall–Kier alpha value is -3.39. The lowest BCUT2D eigenvalue weighted by atomic mass is 10.0. The van der Waals surface area contributed by atoms with Gasteiger partial charge in [-0.25, -0.2) is 5.43 Å². The van der Waals surface area contributed by atoms with E-state index in [1.54, 1.807) is 12.3 Å². The fraction of sp³-hybridized carbons (Fsp3) is 0.167. The van der Waals surface area contributed by atoms with E-state index in [0.717, 1.165) is 26.4 Å². The first-order chi connectivity index (χ1) is 18.7. The molecule has 0 radical (unpaired) electrons. The predicted octanol–water partition coefficient (Wildman–Crippen LogP) is 7.39. The van der Waals surface area contributed by atoms with Gasteiger partial charge in [0.05, 0.1) is 16.3 Å². The fourth-order valence-corrected chi connectivity index (χ4v) is 4.47. The Balaban J connectivity index is 1.51. The zero-order valence-electron chi connectivity index (χ0n) is 21.3. The molecule has 0 heterocycles. The van der Waals surface area contributed by atoms with Crippen molar-refractivity contribution in [3.63, 3.8) is 0 Å². The summed E-state index contributed by atoms with van der Waals surface area (Å²) in [6, 6.07) is 23.3. The van der Waals surface area contributed by atoms with Crippen molar-refractivity contribution in [3.05, 3.63) is 110 Å². The number of hydrogen-bond donors (Lipinski definition) is 2. The van der Waals surface area contributed by atoms with E-state index in [1.807, 2.05) is 74.5 Å². The molecular weight excluding hydrogens is 601 g/mol. The first kappa shape index (κ1) is 28.6. The third-order valence-electron chi connectivity index (χ3n) is 6.02. The van der Waals surface area contributed by atoms with E-state index in [2.05, 4.69) is 31.8 Å². The maximum absolute atomic E-state index is 13.0. The molecule has 2 N–H and O–H groups in total. The first-order valence-corrected chi connectivity index (χ1v) is 13.8. The van der Waals surface area contributed by atoms with E-state index < -0.39 is 17.9 Å². The normalized spacial score (nSPS) is 12.1. The molecule has 0 aliphatic heterocycles. The molecule has 39 heavy (non-hydrogen) atoms. The number of benzene rings is 4. The van der Waals surface area contributed by atoms with Gasteiger partial charge in [-0.2, -0.15) is 5.10 Å². The van der Waals surface area contributed by atoms with Gasteiger partial charge in [-0.3, -0.25) is 9.59 Å². The summed E-state index contributed by atoms with van der Waals surface area (Å²) in [4.78, 5) is 25.8. The number of carbonyl (C=O) groups is 2. The van der Waals surface area contributed by atoms with E-state index in [1.165, 1.54) is 12.1 Å². The highest BCUT2D eigenvalue weighted by Gasteiger charge is 2.25. The van der Waals surface area contributed by atoms with Crippen molar-refractivity contribution in [1.82, 2.24) is 10.7 Å². The molecule has 1 atom stereocenters. The maximum Gasteiger partial charge on any atom is 0.262 e. The van der Waals surface area contributed by atoms with Gasteiger partial charge < -0.3 is 10.1 Å². The molecule has 6 nitrogen and oxygen atoms in total. The second-order valence-corrected chi connectivity index (χ2v) is 10.9. The Labute approximate surface area is 245 Å². The predicted molar refractivity (Wildman–Crippen MR) is 161 cm³/mol. The zero-order chi connectivity index (χ0) is 27.9. The summed E-state index contributed by atoms with van der Waals surface area (Å²) in [7, 11) is 0. The van der Waals surface area contributed by atoms with Crippen LogP contribution in [0.1, 0.15) is 35.3 Å². The van der Waals surface area contributed by atoms with Crippen molar-refractivity contribution >= 4 is 67.9 Å². The van der Waals surface area contributed by atoms with Gasteiger partial charge in [-0.15, -0.1) is 0 Å². The van der Waals surface area contributed by atoms with E-state index >= 15 is 0 Å². The number of hydrogen-bond acceptors (Lipinski definition) is 4. The summed E-state index contributed by atoms with van der Waals surface area (Å²) in [6.45, 7) is 4.04. The Bertz CT molecular complexity index is 1520. The summed E-state index contributed by atoms with van der Waals surface area (Å²) >= 11 is 15.4. The summed E-state index contributed by atoms with van der Waals surface area (Å²) in [5.41, 5.74) is 4.61. The molecule has 0 fully saturated rings. The Morgan fingerprint density at radius 1 is 0.974 bits per heavy atom. The number of nitrogens with one attached hydrogen (secondary N) is 2. The number of fused-ring (bicyclic) bond motifs is 1. The SMILES string of the molecule is CC(C)C(NC(=O)c1ccc(Cl)c(Cl)c1)C(=O)N/N=C/c1c(OCc2ccc(Br)cc2)ccc2ccccc12. The van der Waals surface area contributed by atoms with E-state index in [0.29, 0.717) is 22.9 Å². The number of hydrazone groups is 1. The molecule has 0 bridgehead atoms. The van der Waals surface area contributed by atoms with Crippen LogP contribution in [-0.4, -0.2) is 24.1 Å². The number of rotatable bonds is 9. The zero-order valence-corrected chi connectivity index (χ0v) is 24.3. The maximum atomic E-state index is 13.0. The van der Waals surface area contributed by atoms with Gasteiger partial charge in [0.1, 0.15) is 18.4 Å². The third kappa shape index (κ3) is 7.38. The van der Waals surface area contributed by atoms with Crippen LogP contribution in [0.15, 0.2) is 88.4 Å². The molecular formula is C30H26BrCl2N3O3. The van der Waals surface area contributed by atoms with Crippen molar-refractivity contribution in [3.8, 4) is 5.75 Å². The van der Waals surface area contributed by atoms with Crippen LogP contribution in [0, 0.1) is 5.92 Å². The molecule has 0 saturated carbocycles. The largest absolute Gasteiger partial charge is 0.488 e. The molecule has 4 rings (SSSR count). The molecule has 4 aromatic carbocycles. The van der Waals surface area contributed by atoms with Crippen molar-refractivity contribution in [2.24, 2.45) is 11.0 Å². The molecule has 9 heteroatoms. The van der Waals surface area contributed by atoms with Crippen LogP contribution in [0.25, 0.3) is 10.8 Å². The highest BCUT2D eigenvalue weighted by atomic mass is 79.9. The molecule has 0 aliphatic rings. The van der Waals surface area contributed by atoms with Gasteiger partial charge in [0.25, 0.3) is 11.8 Å². The van der Waals surface area contributed by atoms with Crippen molar-refractivity contribution in [1.29, 1.82) is 0 Å². The highest BCUT2D eigenvalue weighted by molar-refractivity contribution is 9.10. The monoisotopic (exact) mass is 625 g/mol. The van der Waals surface area contributed by atoms with E-state index in [9.17, 15) is 9.59 Å². The Kier molecular flexibility index (Phi) is 9.62. The summed E-state index contributed by atoms with van der Waals surface area (Å²) in [5.74, 6) is -0.464. The smallest absolute Gasteiger partial charge is 0.262 e. The Morgan fingerprint density at radius 3 is 2.44 bits per heavy atom. The second kappa shape index (κ2) is 13.1. The summed E-state index contributed by atoms with van der Waals surface area (Å²) < 4.78 is 7.13. The minimum atomic E-state index is -0.829. The average Bonchev–Trinajstić information content (AvgIpc) is 2.93. The molecule has 0 saturated heterocycles. The number of amides is 2. The molecule has 1 unspecified atom stereocenters. The second-order valence-electron chi connectivity index (χ2n) is 9.17. The standard InChI is InChI=1S/C30H26BrCl2N3O3/c1-18(2)28(35-29(37)21-9-13-25(32)26(33)15-21)30(38)36-34-16-24-23-6-4-3-5-20(23)10-14-27(24)39-17-19-7-11-22(31)12-8-19/h3-16,18,28H,17H2,1-2H3,(H,35,37)(H,36,38)/b34-16+. The number of ether oxygens (including phenoxy) is 1. The third-order valence-corrected chi connectivity index (χ3v) is 7.29. The first-order valence-electron chi connectivity index (χ1n) is 12.2. The minimum absolute atomic E-state index is 0.200. The van der Waals surface area contributed by atoms with Gasteiger partial charge in [-0.1, -0.05) is 95.4 Å². The van der Waals surface area contributed by atoms with E-state index in [-0.39, 0.29) is 10.9 Å². The van der Waals surface area contributed by atoms with Gasteiger partial charge in [0, 0.05) is 15.6 Å². The Morgan fingerprint density at radius 2 is 1.72 bits per heavy atom. The lowest BCUT2D eigenvalue weighted by Crippen LogP contribution is -2.48. The van der Waals surface area contributed by atoms with E-state index in [4.69, 9.17) is 27.9 Å². The molecule has 0 aromatic heterocycles. The van der Waals surface area contributed by atoms with Crippen LogP contribution in [-0.2, 0) is 11.4 Å². The van der Waals surface area contributed by atoms with Gasteiger partial charge in [0.2, 0.25) is 0 Å². The molecule has 0 spiro atoms. The summed E-state index contributed by atoms with van der Waals surface area (Å²) in [6.07, 6.45) is 1.56. The van der Waals surface area contributed by atoms with Gasteiger partial charge in [0.15, 0.2) is 0 Å². The minimum Gasteiger partial charge on any atom is -0.488 e. The average molecular weight is 627 g/mol. The molecule has 0 aliphatic carbocycles. The van der Waals surface area contributed by atoms with Gasteiger partial charge in [-0.05, 0) is 58.7 Å². The van der Waals surface area contributed by atoms with Crippen LogP contribution in [0.3, 0.4) is 0 Å². The van der Waals surface area contributed by atoms with Crippen molar-refractivity contribution < 1.29 is 14.3 Å². The van der Waals surface area contributed by atoms with Crippen LogP contribution in [0.2, 0.25) is 10.0 Å². The fourth-order valence-electron chi connectivity index (χ4n) is 3.90. The number of carbonyl (C=O) groups excluding carboxylic acids is 2. The highest BCUT2D eigenvalue weighted by Crippen LogP contribution is 2.28. The topological polar surface area (TPSA) is 79.8 Å².